The zero-order valence-electron chi connectivity index (χ0n) is 19.2. The maximum Gasteiger partial charge on any atom is 0.371 e. The first kappa shape index (κ1) is 23.5. The minimum atomic E-state index is -3.27. The molecule has 0 spiro atoms. The van der Waals surface area contributed by atoms with Crippen molar-refractivity contribution in [2.45, 2.75) is 71.1 Å². The van der Waals surface area contributed by atoms with Crippen molar-refractivity contribution in [2.75, 3.05) is 13.2 Å². The second-order valence-electron chi connectivity index (χ2n) is 9.30. The summed E-state index contributed by atoms with van der Waals surface area (Å²) in [5.74, 6) is 0.0478. The van der Waals surface area contributed by atoms with Crippen molar-refractivity contribution < 1.29 is 13.6 Å². The van der Waals surface area contributed by atoms with E-state index in [0.29, 0.717) is 17.8 Å². The fourth-order valence-electron chi connectivity index (χ4n) is 4.38. The Balaban J connectivity index is 2.01. The molecule has 1 aliphatic rings. The Kier molecular flexibility index (Phi) is 6.84. The van der Waals surface area contributed by atoms with Crippen LogP contribution in [0.3, 0.4) is 0 Å². The Morgan fingerprint density at radius 2 is 1.63 bits per heavy atom. The van der Waals surface area contributed by atoms with Crippen molar-refractivity contribution in [3.63, 3.8) is 0 Å². The zero-order chi connectivity index (χ0) is 22.2. The second kappa shape index (κ2) is 8.74. The van der Waals surface area contributed by atoms with Crippen molar-refractivity contribution in [1.82, 2.24) is 0 Å². The molecule has 1 aromatic heterocycles. The van der Waals surface area contributed by atoms with Gasteiger partial charge in [0.25, 0.3) is 0 Å². The van der Waals surface area contributed by atoms with Crippen molar-refractivity contribution >= 4 is 23.6 Å². The van der Waals surface area contributed by atoms with Gasteiger partial charge in [0.05, 0.1) is 13.2 Å². The van der Waals surface area contributed by atoms with Gasteiger partial charge in [-0.25, -0.2) is 0 Å². The van der Waals surface area contributed by atoms with Crippen LogP contribution in [0.5, 0.6) is 0 Å². The fourth-order valence-corrected chi connectivity index (χ4v) is 7.60. The van der Waals surface area contributed by atoms with Gasteiger partial charge < -0.3 is 9.05 Å². The smallest absolute Gasteiger partial charge is 0.305 e. The first-order chi connectivity index (χ1) is 14.1. The zero-order valence-corrected chi connectivity index (χ0v) is 20.9. The highest BCUT2D eigenvalue weighted by atomic mass is 32.1. The van der Waals surface area contributed by atoms with Crippen LogP contribution in [-0.4, -0.2) is 13.2 Å². The van der Waals surface area contributed by atoms with E-state index in [9.17, 15) is 4.57 Å². The highest BCUT2D eigenvalue weighted by molar-refractivity contribution is 7.68. The standard InChI is InChI=1S/C25H35O3PS/c1-8-19(22-13-14-23(30-22)29(26,27-9-2)28-10-3)18-11-12-20-21(17-18)25(6,7)16-15-24(20,4)5/h8,11-14,17,19H,1,9-10,15-16H2,2-7H3. The molecular formula is C25H35O3PS. The van der Waals surface area contributed by atoms with Gasteiger partial charge in [-0.3, -0.25) is 4.57 Å². The maximum absolute atomic E-state index is 13.2. The molecule has 1 aliphatic carbocycles. The van der Waals surface area contributed by atoms with Crippen LogP contribution < -0.4 is 4.62 Å². The minimum absolute atomic E-state index is 0.0478. The van der Waals surface area contributed by atoms with Crippen LogP contribution >= 0.6 is 18.9 Å². The Morgan fingerprint density at radius 1 is 1.03 bits per heavy atom. The molecule has 1 heterocycles. The van der Waals surface area contributed by atoms with Gasteiger partial charge in [0.1, 0.15) is 4.62 Å². The van der Waals surface area contributed by atoms with E-state index in [2.05, 4.69) is 52.5 Å². The number of rotatable bonds is 8. The molecule has 0 radical (unpaired) electrons. The van der Waals surface area contributed by atoms with E-state index in [-0.39, 0.29) is 16.7 Å². The van der Waals surface area contributed by atoms with E-state index in [1.54, 1.807) is 0 Å². The number of hydrogen-bond donors (Lipinski definition) is 0. The lowest BCUT2D eigenvalue weighted by atomic mass is 9.62. The van der Waals surface area contributed by atoms with Crippen LogP contribution in [0.25, 0.3) is 0 Å². The topological polar surface area (TPSA) is 35.5 Å². The highest BCUT2D eigenvalue weighted by Crippen LogP contribution is 2.50. The fraction of sp³-hybridized carbons (Fsp3) is 0.520. The Bertz CT molecular complexity index is 947. The molecule has 30 heavy (non-hydrogen) atoms. The van der Waals surface area contributed by atoms with Gasteiger partial charge in [0.15, 0.2) is 0 Å². The number of hydrogen-bond acceptors (Lipinski definition) is 4. The minimum Gasteiger partial charge on any atom is -0.305 e. The first-order valence-corrected chi connectivity index (χ1v) is 13.2. The summed E-state index contributed by atoms with van der Waals surface area (Å²) in [5.41, 5.74) is 4.48. The van der Waals surface area contributed by atoms with Crippen LogP contribution in [0.15, 0.2) is 43.0 Å². The molecule has 2 aromatic rings. The van der Waals surface area contributed by atoms with Gasteiger partial charge in [-0.05, 0) is 66.3 Å². The summed E-state index contributed by atoms with van der Waals surface area (Å²) in [6, 6.07) is 10.8. The molecule has 0 amide bonds. The molecular weight excluding hydrogens is 411 g/mol. The van der Waals surface area contributed by atoms with Crippen LogP contribution in [0, 0.1) is 0 Å². The van der Waals surface area contributed by atoms with Crippen molar-refractivity contribution in [3.05, 3.63) is 64.6 Å². The summed E-state index contributed by atoms with van der Waals surface area (Å²) in [6.07, 6.45) is 4.37. The summed E-state index contributed by atoms with van der Waals surface area (Å²) in [4.78, 5) is 1.10. The van der Waals surface area contributed by atoms with Gasteiger partial charge in [-0.1, -0.05) is 52.0 Å². The average molecular weight is 447 g/mol. The van der Waals surface area contributed by atoms with E-state index < -0.39 is 7.60 Å². The van der Waals surface area contributed by atoms with E-state index in [0.717, 1.165) is 4.88 Å². The van der Waals surface area contributed by atoms with E-state index in [1.165, 1.54) is 40.9 Å². The van der Waals surface area contributed by atoms with Gasteiger partial charge in [-0.15, -0.1) is 17.9 Å². The number of thiophene rings is 1. The summed E-state index contributed by atoms with van der Waals surface area (Å²) in [5, 5.41) is 0. The first-order valence-electron chi connectivity index (χ1n) is 10.8. The van der Waals surface area contributed by atoms with Crippen LogP contribution in [0.4, 0.5) is 0 Å². The molecule has 1 aromatic carbocycles. The molecule has 0 fully saturated rings. The molecule has 1 unspecified atom stereocenters. The molecule has 1 atom stereocenters. The Labute approximate surface area is 186 Å². The predicted octanol–water partition coefficient (Wildman–Crippen LogP) is 7.31. The second-order valence-corrected chi connectivity index (χ2v) is 12.7. The molecule has 3 nitrogen and oxygen atoms in total. The van der Waals surface area contributed by atoms with Crippen molar-refractivity contribution in [2.24, 2.45) is 0 Å². The molecule has 0 N–H and O–H groups in total. The summed E-state index contributed by atoms with van der Waals surface area (Å²) in [7, 11) is -3.27. The molecule has 164 valence electrons. The van der Waals surface area contributed by atoms with E-state index in [1.807, 2.05) is 32.1 Å². The third-order valence-electron chi connectivity index (χ3n) is 6.26. The van der Waals surface area contributed by atoms with E-state index >= 15 is 0 Å². The largest absolute Gasteiger partial charge is 0.371 e. The van der Waals surface area contributed by atoms with Crippen molar-refractivity contribution in [3.8, 4) is 0 Å². The van der Waals surface area contributed by atoms with Crippen molar-refractivity contribution in [1.29, 1.82) is 0 Å². The van der Waals surface area contributed by atoms with Gasteiger partial charge in [-0.2, -0.15) is 0 Å². The SMILES string of the molecule is C=CC(c1ccc2c(c1)C(C)(C)CCC2(C)C)c1ccc(P(=O)(OCC)OCC)s1. The van der Waals surface area contributed by atoms with Gasteiger partial charge >= 0.3 is 7.60 Å². The molecule has 0 bridgehead atoms. The average Bonchev–Trinajstić information content (AvgIpc) is 3.17. The number of allylic oxidation sites excluding steroid dienone is 1. The predicted molar refractivity (Wildman–Crippen MR) is 129 cm³/mol. The number of fused-ring (bicyclic) bond motifs is 1. The molecule has 0 saturated carbocycles. The Morgan fingerprint density at radius 3 is 2.20 bits per heavy atom. The summed E-state index contributed by atoms with van der Waals surface area (Å²) < 4.78 is 24.9. The lowest BCUT2D eigenvalue weighted by Crippen LogP contribution is -2.34. The van der Waals surface area contributed by atoms with Crippen LogP contribution in [0.1, 0.15) is 81.9 Å². The molecule has 0 aliphatic heterocycles. The lowest BCUT2D eigenvalue weighted by Gasteiger charge is -2.42. The van der Waals surface area contributed by atoms with Crippen LogP contribution in [0.2, 0.25) is 0 Å². The highest BCUT2D eigenvalue weighted by Gasteiger charge is 2.37. The monoisotopic (exact) mass is 446 g/mol. The van der Waals surface area contributed by atoms with Crippen LogP contribution in [-0.2, 0) is 24.4 Å². The molecule has 5 heteroatoms. The lowest BCUT2D eigenvalue weighted by molar-refractivity contribution is 0.230. The van der Waals surface area contributed by atoms with E-state index in [4.69, 9.17) is 9.05 Å². The summed E-state index contributed by atoms with van der Waals surface area (Å²) >= 11 is 1.50. The Hall–Kier alpha value is -1.19. The van der Waals surface area contributed by atoms with Gasteiger partial charge in [0.2, 0.25) is 0 Å². The third kappa shape index (κ3) is 4.39. The summed E-state index contributed by atoms with van der Waals surface area (Å²) in [6.45, 7) is 17.9. The normalized spacial score (nSPS) is 18.6. The quantitative estimate of drug-likeness (QED) is 0.315. The number of benzene rings is 1. The van der Waals surface area contributed by atoms with Gasteiger partial charge in [0, 0.05) is 10.8 Å². The maximum atomic E-state index is 13.2. The molecule has 0 saturated heterocycles. The third-order valence-corrected chi connectivity index (χ3v) is 10.1. The molecule has 3 rings (SSSR count).